The Morgan fingerprint density at radius 3 is 2.56 bits per heavy atom. The van der Waals surface area contributed by atoms with Gasteiger partial charge in [0.25, 0.3) is 0 Å². The predicted molar refractivity (Wildman–Crippen MR) is 100 cm³/mol. The van der Waals surface area contributed by atoms with Crippen LogP contribution in [0.25, 0.3) is 17.0 Å². The Morgan fingerprint density at radius 2 is 1.80 bits per heavy atom. The molecule has 124 valence electrons. The first-order valence-electron chi connectivity index (χ1n) is 8.23. The fourth-order valence-electron chi connectivity index (χ4n) is 3.03. The zero-order valence-corrected chi connectivity index (χ0v) is 14.5. The third-order valence-corrected chi connectivity index (χ3v) is 4.24. The normalized spacial score (nSPS) is 11.0. The van der Waals surface area contributed by atoms with E-state index < -0.39 is 0 Å². The first kappa shape index (κ1) is 15.3. The van der Waals surface area contributed by atoms with Crippen LogP contribution in [0.4, 0.5) is 11.5 Å². The maximum Gasteiger partial charge on any atom is 0.236 e. The highest BCUT2D eigenvalue weighted by Crippen LogP contribution is 2.32. The molecule has 1 N–H and O–H groups in total. The summed E-state index contributed by atoms with van der Waals surface area (Å²) < 4.78 is 2.06. The second-order valence-electron chi connectivity index (χ2n) is 6.16. The molecule has 0 saturated heterocycles. The number of nitrogens with zero attached hydrogens (tertiary/aromatic N) is 4. The average molecular weight is 329 g/mol. The minimum absolute atomic E-state index is 0.687. The van der Waals surface area contributed by atoms with Gasteiger partial charge < -0.3 is 5.32 Å². The molecular weight excluding hydrogens is 310 g/mol. The Bertz CT molecular complexity index is 1050. The molecule has 0 aliphatic heterocycles. The maximum atomic E-state index is 4.78. The summed E-state index contributed by atoms with van der Waals surface area (Å²) in [6.45, 7) is 6.14. The second kappa shape index (κ2) is 6.02. The number of aryl methyl sites for hydroxylation is 3. The van der Waals surface area contributed by atoms with E-state index >= 15 is 0 Å². The zero-order chi connectivity index (χ0) is 17.4. The van der Waals surface area contributed by atoms with Gasteiger partial charge in [-0.25, -0.2) is 9.97 Å². The van der Waals surface area contributed by atoms with Gasteiger partial charge in [-0.05, 0) is 50.6 Å². The highest BCUT2D eigenvalue weighted by Gasteiger charge is 2.17. The lowest BCUT2D eigenvalue weighted by molar-refractivity contribution is 1.02. The summed E-state index contributed by atoms with van der Waals surface area (Å²) in [5.74, 6) is 1.59. The number of imidazole rings is 1. The highest BCUT2D eigenvalue weighted by molar-refractivity contribution is 5.79. The number of aromatic nitrogens is 4. The van der Waals surface area contributed by atoms with Crippen molar-refractivity contribution in [2.24, 2.45) is 0 Å². The third-order valence-electron chi connectivity index (χ3n) is 4.24. The van der Waals surface area contributed by atoms with Crippen LogP contribution >= 0.6 is 0 Å². The Kier molecular flexibility index (Phi) is 3.69. The van der Waals surface area contributed by atoms with Gasteiger partial charge >= 0.3 is 0 Å². The minimum atomic E-state index is 0.687. The van der Waals surface area contributed by atoms with E-state index in [1.807, 2.05) is 37.4 Å². The van der Waals surface area contributed by atoms with Crippen molar-refractivity contribution in [3.8, 4) is 11.3 Å². The molecule has 3 heterocycles. The van der Waals surface area contributed by atoms with E-state index in [0.717, 1.165) is 34.2 Å². The zero-order valence-electron chi connectivity index (χ0n) is 14.5. The molecule has 5 heteroatoms. The topological polar surface area (TPSA) is 55.1 Å². The fourth-order valence-corrected chi connectivity index (χ4v) is 3.03. The number of hydrogen-bond acceptors (Lipinski definition) is 4. The molecule has 0 fully saturated rings. The lowest BCUT2D eigenvalue weighted by Gasteiger charge is -2.12. The standard InChI is InChI=1S/C20H19N5/c1-13-7-4-5-9-17(13)23-19-18(16-8-6-10-21-12-16)24-20-22-14(2)11-15(3)25(19)20/h4-12,23H,1-3H3. The van der Waals surface area contributed by atoms with Crippen LogP contribution in [0.15, 0.2) is 54.9 Å². The Morgan fingerprint density at radius 1 is 0.960 bits per heavy atom. The summed E-state index contributed by atoms with van der Waals surface area (Å²) in [6.07, 6.45) is 3.59. The van der Waals surface area contributed by atoms with Crippen molar-refractivity contribution < 1.29 is 0 Å². The van der Waals surface area contributed by atoms with Crippen LogP contribution in [0.5, 0.6) is 0 Å². The lowest BCUT2D eigenvalue weighted by Crippen LogP contribution is -2.02. The third kappa shape index (κ3) is 2.74. The van der Waals surface area contributed by atoms with Crippen molar-refractivity contribution in [3.63, 3.8) is 0 Å². The average Bonchev–Trinajstić information content (AvgIpc) is 2.96. The second-order valence-corrected chi connectivity index (χ2v) is 6.16. The van der Waals surface area contributed by atoms with Gasteiger partial charge in [-0.3, -0.25) is 9.38 Å². The molecule has 4 rings (SSSR count). The number of fused-ring (bicyclic) bond motifs is 1. The van der Waals surface area contributed by atoms with Crippen LogP contribution in [-0.4, -0.2) is 19.4 Å². The number of para-hydroxylation sites is 1. The quantitative estimate of drug-likeness (QED) is 0.603. The molecule has 5 nitrogen and oxygen atoms in total. The van der Waals surface area contributed by atoms with Gasteiger partial charge in [-0.1, -0.05) is 18.2 Å². The van der Waals surface area contributed by atoms with Crippen molar-refractivity contribution in [1.29, 1.82) is 0 Å². The molecule has 0 bridgehead atoms. The maximum absolute atomic E-state index is 4.78. The molecule has 0 atom stereocenters. The van der Waals surface area contributed by atoms with Crippen molar-refractivity contribution in [3.05, 3.63) is 71.8 Å². The molecule has 4 aromatic rings. The van der Waals surface area contributed by atoms with Crippen LogP contribution in [0.1, 0.15) is 17.0 Å². The summed E-state index contributed by atoms with van der Waals surface area (Å²) in [5, 5.41) is 3.56. The largest absolute Gasteiger partial charge is 0.339 e. The van der Waals surface area contributed by atoms with E-state index in [-0.39, 0.29) is 0 Å². The molecule has 0 radical (unpaired) electrons. The van der Waals surface area contributed by atoms with Gasteiger partial charge in [0.2, 0.25) is 5.78 Å². The van der Waals surface area contributed by atoms with Crippen molar-refractivity contribution in [2.75, 3.05) is 5.32 Å². The van der Waals surface area contributed by atoms with E-state index in [0.29, 0.717) is 5.78 Å². The van der Waals surface area contributed by atoms with Gasteiger partial charge in [-0.15, -0.1) is 0 Å². The monoisotopic (exact) mass is 329 g/mol. The van der Waals surface area contributed by atoms with Crippen LogP contribution in [0.3, 0.4) is 0 Å². The Balaban J connectivity index is 1.98. The summed E-state index contributed by atoms with van der Waals surface area (Å²) in [6, 6.07) is 14.2. The molecule has 0 unspecified atom stereocenters. The van der Waals surface area contributed by atoms with E-state index in [4.69, 9.17) is 4.98 Å². The Hall–Kier alpha value is -3.21. The first-order valence-corrected chi connectivity index (χ1v) is 8.23. The van der Waals surface area contributed by atoms with E-state index in [1.54, 1.807) is 6.20 Å². The van der Waals surface area contributed by atoms with Gasteiger partial charge in [0, 0.05) is 35.0 Å². The predicted octanol–water partition coefficient (Wildman–Crippen LogP) is 4.46. The van der Waals surface area contributed by atoms with E-state index in [1.165, 1.54) is 5.56 Å². The Labute approximate surface area is 146 Å². The molecule has 3 aromatic heterocycles. The number of nitrogens with one attached hydrogen (secondary N) is 1. The SMILES string of the molecule is Cc1cc(C)n2c(Nc3ccccc3C)c(-c3cccnc3)nc2n1. The van der Waals surface area contributed by atoms with Gasteiger partial charge in [-0.2, -0.15) is 0 Å². The number of hydrogen-bond donors (Lipinski definition) is 1. The number of pyridine rings is 1. The summed E-state index contributed by atoms with van der Waals surface area (Å²) in [5.41, 5.74) is 6.07. The first-order chi connectivity index (χ1) is 12.1. The molecule has 0 aliphatic rings. The molecule has 0 spiro atoms. The van der Waals surface area contributed by atoms with Crippen LogP contribution in [-0.2, 0) is 0 Å². The summed E-state index contributed by atoms with van der Waals surface area (Å²) >= 11 is 0. The number of anilines is 2. The van der Waals surface area contributed by atoms with Crippen LogP contribution in [0.2, 0.25) is 0 Å². The smallest absolute Gasteiger partial charge is 0.236 e. The number of benzene rings is 1. The van der Waals surface area contributed by atoms with Gasteiger partial charge in [0.1, 0.15) is 11.5 Å². The number of rotatable bonds is 3. The summed E-state index contributed by atoms with van der Waals surface area (Å²) in [4.78, 5) is 13.6. The van der Waals surface area contributed by atoms with Crippen molar-refractivity contribution in [2.45, 2.75) is 20.8 Å². The van der Waals surface area contributed by atoms with Crippen molar-refractivity contribution in [1.82, 2.24) is 19.4 Å². The van der Waals surface area contributed by atoms with Crippen LogP contribution < -0.4 is 5.32 Å². The van der Waals surface area contributed by atoms with E-state index in [9.17, 15) is 0 Å². The minimum Gasteiger partial charge on any atom is -0.339 e. The van der Waals surface area contributed by atoms with E-state index in [2.05, 4.69) is 51.7 Å². The fraction of sp³-hybridized carbons (Fsp3) is 0.150. The van der Waals surface area contributed by atoms with Crippen LogP contribution in [0, 0.1) is 20.8 Å². The summed E-state index contributed by atoms with van der Waals surface area (Å²) in [7, 11) is 0. The molecule has 0 amide bonds. The molecular formula is C20H19N5. The molecule has 1 aromatic carbocycles. The molecule has 25 heavy (non-hydrogen) atoms. The van der Waals surface area contributed by atoms with Crippen molar-refractivity contribution >= 4 is 17.3 Å². The molecule has 0 saturated carbocycles. The molecule has 0 aliphatic carbocycles. The highest BCUT2D eigenvalue weighted by atomic mass is 15.2. The van der Waals surface area contributed by atoms with Gasteiger partial charge in [0.15, 0.2) is 0 Å². The van der Waals surface area contributed by atoms with Gasteiger partial charge in [0.05, 0.1) is 0 Å². The lowest BCUT2D eigenvalue weighted by atomic mass is 10.2.